The van der Waals surface area contributed by atoms with Gasteiger partial charge < -0.3 is 19.9 Å². The highest BCUT2D eigenvalue weighted by atomic mass is 16.5. The van der Waals surface area contributed by atoms with Crippen molar-refractivity contribution in [1.29, 1.82) is 5.26 Å². The first-order chi connectivity index (χ1) is 23.1. The van der Waals surface area contributed by atoms with Crippen LogP contribution in [0.25, 0.3) is 22.3 Å². The molecule has 0 radical (unpaired) electrons. The summed E-state index contributed by atoms with van der Waals surface area (Å²) in [6.07, 6.45) is 6.46. The Kier molecular flexibility index (Phi) is 10.5. The van der Waals surface area contributed by atoms with Crippen LogP contribution in [-0.4, -0.2) is 33.4 Å². The molecule has 2 aromatic heterocycles. The lowest BCUT2D eigenvalue weighted by Gasteiger charge is -2.32. The van der Waals surface area contributed by atoms with E-state index in [0.29, 0.717) is 11.3 Å². The smallest absolute Gasteiger partial charge is 0.308 e. The number of benzene rings is 3. The fraction of sp³-hybridized carbons (Fsp3) is 0.205. The number of hydrogen-bond donors (Lipinski definition) is 2. The van der Waals surface area contributed by atoms with Crippen LogP contribution < -0.4 is 10.6 Å². The third kappa shape index (κ3) is 8.62. The maximum absolute atomic E-state index is 14.0. The molecule has 0 aliphatic carbocycles. The van der Waals surface area contributed by atoms with E-state index in [1.165, 1.54) is 0 Å². The van der Waals surface area contributed by atoms with Crippen LogP contribution >= 0.6 is 0 Å². The summed E-state index contributed by atoms with van der Waals surface area (Å²) < 4.78 is 7.24. The first kappa shape index (κ1) is 33.4. The van der Waals surface area contributed by atoms with Crippen molar-refractivity contribution in [2.75, 3.05) is 5.32 Å². The van der Waals surface area contributed by atoms with Crippen molar-refractivity contribution in [3.63, 3.8) is 0 Å². The summed E-state index contributed by atoms with van der Waals surface area (Å²) in [5, 5.41) is 14.9. The first-order valence-corrected chi connectivity index (χ1v) is 15.6. The number of ether oxygens (including phenoxy) is 1. The maximum atomic E-state index is 14.0. The molecule has 0 aliphatic heterocycles. The highest BCUT2D eigenvalue weighted by molar-refractivity contribution is 5.98. The van der Waals surface area contributed by atoms with E-state index in [1.807, 2.05) is 99.8 Å². The van der Waals surface area contributed by atoms with E-state index in [0.717, 1.165) is 27.8 Å². The third-order valence-electron chi connectivity index (χ3n) is 7.91. The molecule has 0 saturated carbocycles. The summed E-state index contributed by atoms with van der Waals surface area (Å²) in [6, 6.07) is 30.1. The summed E-state index contributed by atoms with van der Waals surface area (Å²) >= 11 is 0. The predicted molar refractivity (Wildman–Crippen MR) is 184 cm³/mol. The van der Waals surface area contributed by atoms with E-state index >= 15 is 0 Å². The second-order valence-corrected chi connectivity index (χ2v) is 12.5. The van der Waals surface area contributed by atoms with Gasteiger partial charge in [0.1, 0.15) is 18.7 Å². The minimum Gasteiger partial charge on any atom is -0.461 e. The molecule has 0 spiro atoms. The van der Waals surface area contributed by atoms with Gasteiger partial charge in [-0.2, -0.15) is 5.26 Å². The van der Waals surface area contributed by atoms with Crippen molar-refractivity contribution in [2.24, 2.45) is 5.41 Å². The molecule has 5 rings (SSSR count). The number of pyridine rings is 1. The van der Waals surface area contributed by atoms with Crippen LogP contribution in [0.1, 0.15) is 44.4 Å². The fourth-order valence-electron chi connectivity index (χ4n) is 5.22. The van der Waals surface area contributed by atoms with Gasteiger partial charge in [0.2, 0.25) is 11.8 Å². The minimum absolute atomic E-state index is 0.0789. The number of nitrogens with zero attached hydrogens (tertiary/aromatic N) is 3. The Morgan fingerprint density at radius 1 is 0.812 bits per heavy atom. The Hall–Kier alpha value is -6.01. The number of esters is 1. The number of carbonyl (C=O) groups excluding carboxylic acids is 3. The number of nitriles is 1. The van der Waals surface area contributed by atoms with Gasteiger partial charge in [-0.15, -0.1) is 0 Å². The molecular weight excluding hydrogens is 602 g/mol. The van der Waals surface area contributed by atoms with E-state index in [1.54, 1.807) is 47.4 Å². The molecule has 2 heterocycles. The predicted octanol–water partition coefficient (Wildman–Crippen LogP) is 6.93. The van der Waals surface area contributed by atoms with Gasteiger partial charge in [-0.3, -0.25) is 19.4 Å². The van der Waals surface area contributed by atoms with Crippen LogP contribution in [0.15, 0.2) is 122 Å². The van der Waals surface area contributed by atoms with Gasteiger partial charge in [0.15, 0.2) is 0 Å². The van der Waals surface area contributed by atoms with E-state index in [9.17, 15) is 14.4 Å². The van der Waals surface area contributed by atoms with Gasteiger partial charge in [0.05, 0.1) is 18.1 Å². The van der Waals surface area contributed by atoms with E-state index in [4.69, 9.17) is 10.00 Å². The summed E-state index contributed by atoms with van der Waals surface area (Å²) in [7, 11) is 0. The van der Waals surface area contributed by atoms with Crippen LogP contribution in [0, 0.1) is 16.7 Å². The van der Waals surface area contributed by atoms with Gasteiger partial charge >= 0.3 is 5.97 Å². The summed E-state index contributed by atoms with van der Waals surface area (Å²) in [4.78, 5) is 44.6. The van der Waals surface area contributed by atoms with E-state index in [2.05, 4.69) is 21.7 Å². The molecule has 2 atom stereocenters. The molecule has 2 amide bonds. The molecule has 0 bridgehead atoms. The van der Waals surface area contributed by atoms with Crippen LogP contribution in [0.3, 0.4) is 0 Å². The molecule has 5 aromatic rings. The molecule has 2 unspecified atom stereocenters. The van der Waals surface area contributed by atoms with Crippen molar-refractivity contribution in [1.82, 2.24) is 14.9 Å². The van der Waals surface area contributed by atoms with Crippen LogP contribution in [-0.2, 0) is 25.7 Å². The van der Waals surface area contributed by atoms with Gasteiger partial charge in [0.25, 0.3) is 0 Å². The third-order valence-corrected chi connectivity index (χ3v) is 7.91. The number of nitrogens with one attached hydrogen (secondary N) is 2. The van der Waals surface area contributed by atoms with Gasteiger partial charge in [0, 0.05) is 30.5 Å². The second kappa shape index (κ2) is 15.1. The first-order valence-electron chi connectivity index (χ1n) is 15.6. The van der Waals surface area contributed by atoms with Gasteiger partial charge in [-0.25, -0.2) is 0 Å². The van der Waals surface area contributed by atoms with E-state index < -0.39 is 29.4 Å². The highest BCUT2D eigenvalue weighted by Crippen LogP contribution is 2.28. The number of rotatable bonds is 11. The van der Waals surface area contributed by atoms with Crippen LogP contribution in [0.4, 0.5) is 5.69 Å². The maximum Gasteiger partial charge on any atom is 0.308 e. The zero-order valence-electron chi connectivity index (χ0n) is 27.1. The largest absolute Gasteiger partial charge is 0.461 e. The quantitative estimate of drug-likeness (QED) is 0.151. The average Bonchev–Trinajstić information content (AvgIpc) is 3.59. The minimum atomic E-state index is -0.987. The molecule has 0 aliphatic rings. The molecular formula is C39H37N5O4. The molecule has 48 heavy (non-hydrogen) atoms. The highest BCUT2D eigenvalue weighted by Gasteiger charge is 2.36. The standard InChI is InChI=1S/C39H37N5O4/c1-39(2,3)36(38(47)42-33-17-20-41-21-18-33)43-37(46)34(23-35(45)48-26-28-7-5-4-6-8-28)44-22-19-32(25-44)31-15-13-30(14-16-31)29-11-9-27(24-40)10-12-29/h4-22,25,34,36H,23,26H2,1-3H3,(H,43,46)(H,41,42,47). The molecule has 3 aromatic carbocycles. The van der Waals surface area contributed by atoms with Crippen molar-refractivity contribution >= 4 is 23.5 Å². The Balaban J connectivity index is 1.37. The normalized spacial score (nSPS) is 12.3. The molecule has 0 fully saturated rings. The Labute approximate surface area is 280 Å². The zero-order chi connectivity index (χ0) is 34.1. The van der Waals surface area contributed by atoms with Gasteiger partial charge in [-0.1, -0.05) is 87.5 Å². The lowest BCUT2D eigenvalue weighted by atomic mass is 9.85. The Morgan fingerprint density at radius 3 is 2.02 bits per heavy atom. The summed E-state index contributed by atoms with van der Waals surface area (Å²) in [5.74, 6) is -1.42. The van der Waals surface area contributed by atoms with Crippen LogP contribution in [0.2, 0.25) is 0 Å². The number of carbonyl (C=O) groups is 3. The number of anilines is 1. The topological polar surface area (TPSA) is 126 Å². The number of amides is 2. The van der Waals surface area contributed by atoms with Crippen LogP contribution in [0.5, 0.6) is 0 Å². The van der Waals surface area contributed by atoms with E-state index in [-0.39, 0.29) is 18.9 Å². The Morgan fingerprint density at radius 2 is 1.42 bits per heavy atom. The molecule has 242 valence electrons. The second-order valence-electron chi connectivity index (χ2n) is 12.5. The molecule has 9 nitrogen and oxygen atoms in total. The number of hydrogen-bond acceptors (Lipinski definition) is 6. The van der Waals surface area contributed by atoms with Crippen molar-refractivity contribution in [3.05, 3.63) is 133 Å². The average molecular weight is 640 g/mol. The fourth-order valence-corrected chi connectivity index (χ4v) is 5.22. The molecule has 0 saturated heterocycles. The summed E-state index contributed by atoms with van der Waals surface area (Å²) in [5.41, 5.74) is 5.09. The summed E-state index contributed by atoms with van der Waals surface area (Å²) in [6.45, 7) is 5.67. The Bertz CT molecular complexity index is 1890. The monoisotopic (exact) mass is 639 g/mol. The SMILES string of the molecule is CC(C)(C)C(NC(=O)C(CC(=O)OCc1ccccc1)n1ccc(-c2ccc(-c3ccc(C#N)cc3)cc2)c1)C(=O)Nc1ccncc1. The molecule has 2 N–H and O–H groups in total. The van der Waals surface area contributed by atoms with Gasteiger partial charge in [-0.05, 0) is 63.6 Å². The van der Waals surface area contributed by atoms with Crippen molar-refractivity contribution in [3.8, 4) is 28.3 Å². The van der Waals surface area contributed by atoms with Crippen molar-refractivity contribution < 1.29 is 19.1 Å². The molecule has 9 heteroatoms. The zero-order valence-corrected chi connectivity index (χ0v) is 27.1. The lowest BCUT2D eigenvalue weighted by Crippen LogP contribution is -2.53. The van der Waals surface area contributed by atoms with Crippen molar-refractivity contribution in [2.45, 2.75) is 45.9 Å². The lowest BCUT2D eigenvalue weighted by molar-refractivity contribution is -0.148. The number of aromatic nitrogens is 2.